The van der Waals surface area contributed by atoms with Crippen LogP contribution < -0.4 is 0 Å². The smallest absolute Gasteiger partial charge is 0.139 e. The Bertz CT molecular complexity index is 353. The second-order valence-corrected chi connectivity index (χ2v) is 4.73. The zero-order valence-electron chi connectivity index (χ0n) is 11.0. The summed E-state index contributed by atoms with van der Waals surface area (Å²) in [5.41, 5.74) is 1.61. The Morgan fingerprint density at radius 2 is 2.00 bits per heavy atom. The first-order chi connectivity index (χ1) is 8.83. The van der Waals surface area contributed by atoms with E-state index >= 15 is 0 Å². The molecule has 1 fully saturated rings. The average molecular weight is 252 g/mol. The van der Waals surface area contributed by atoms with E-state index in [1.165, 1.54) is 25.7 Å². The third kappa shape index (κ3) is 3.79. The molecule has 0 amide bonds. The van der Waals surface area contributed by atoms with Crippen LogP contribution in [0, 0.1) is 5.82 Å². The molecule has 1 saturated heterocycles. The van der Waals surface area contributed by atoms with Crippen LogP contribution in [0.4, 0.5) is 4.39 Å². The number of fused-ring (bicyclic) bond motifs is 1. The van der Waals surface area contributed by atoms with E-state index in [-0.39, 0.29) is 5.82 Å². The van der Waals surface area contributed by atoms with Gasteiger partial charge in [-0.25, -0.2) is 4.39 Å². The lowest BCUT2D eigenvalue weighted by molar-refractivity contribution is -0.0912. The van der Waals surface area contributed by atoms with Crippen LogP contribution >= 0.6 is 0 Å². The van der Waals surface area contributed by atoms with Gasteiger partial charge in [-0.05, 0) is 6.42 Å². The lowest BCUT2D eigenvalue weighted by Crippen LogP contribution is -2.28. The predicted octanol–water partition coefficient (Wildman–Crippen LogP) is 3.79. The number of hydrogen-bond acceptors (Lipinski definition) is 2. The van der Waals surface area contributed by atoms with E-state index in [9.17, 15) is 4.39 Å². The molecule has 3 rings (SSSR count). The molecule has 100 valence electrons. The maximum atomic E-state index is 12.0. The van der Waals surface area contributed by atoms with Gasteiger partial charge in [0.05, 0.1) is 25.9 Å². The van der Waals surface area contributed by atoms with E-state index in [0.717, 1.165) is 30.9 Å². The van der Waals surface area contributed by atoms with Gasteiger partial charge in [0.15, 0.2) is 0 Å². The molecule has 0 spiro atoms. The van der Waals surface area contributed by atoms with Gasteiger partial charge in [0.25, 0.3) is 0 Å². The second kappa shape index (κ2) is 6.86. The molecule has 0 radical (unpaired) electrons. The highest BCUT2D eigenvalue weighted by Gasteiger charge is 2.22. The summed E-state index contributed by atoms with van der Waals surface area (Å²) in [4.78, 5) is 0. The van der Waals surface area contributed by atoms with E-state index in [1.54, 1.807) is 12.1 Å². The monoisotopic (exact) mass is 252 g/mol. The summed E-state index contributed by atoms with van der Waals surface area (Å²) in [6, 6.07) is 5.42. The van der Waals surface area contributed by atoms with Crippen LogP contribution in [-0.4, -0.2) is 25.9 Å². The molecule has 0 bridgehead atoms. The molecular formula is C15H21FO2. The first kappa shape index (κ1) is 13.5. The van der Waals surface area contributed by atoms with Crippen molar-refractivity contribution in [2.75, 3.05) is 19.8 Å². The molecule has 18 heavy (non-hydrogen) atoms. The van der Waals surface area contributed by atoms with Crippen molar-refractivity contribution in [3.8, 4) is 11.1 Å². The second-order valence-electron chi connectivity index (χ2n) is 4.73. The summed E-state index contributed by atoms with van der Waals surface area (Å²) in [7, 11) is 0. The molecule has 2 nitrogen and oxygen atoms in total. The highest BCUT2D eigenvalue weighted by atomic mass is 19.1. The molecule has 2 aliphatic carbocycles. The Morgan fingerprint density at radius 3 is 2.50 bits per heavy atom. The van der Waals surface area contributed by atoms with Crippen LogP contribution in [0.15, 0.2) is 18.2 Å². The number of benzene rings is 1. The number of ether oxygens (including phenoxy) is 2. The fourth-order valence-electron chi connectivity index (χ4n) is 2.08. The lowest BCUT2D eigenvalue weighted by Gasteiger charge is -2.22. The Morgan fingerprint density at radius 1 is 1.22 bits per heavy atom. The molecule has 1 unspecified atom stereocenters. The van der Waals surface area contributed by atoms with Gasteiger partial charge in [-0.15, -0.1) is 0 Å². The number of halogens is 1. The highest BCUT2D eigenvalue weighted by molar-refractivity contribution is 5.82. The Balaban J connectivity index is 0.000000146. The molecule has 0 saturated carbocycles. The standard InChI is InChI=1S/C9H18O2.C6H3F/c1-2-3-4-5-9-8-10-6-7-11-9;7-6-4-2-1-3-5(4)6/h9H,2-8H2,1H3;1-3H. The van der Waals surface area contributed by atoms with E-state index in [1.807, 2.05) is 6.07 Å². The summed E-state index contributed by atoms with van der Waals surface area (Å²) in [5, 5.41) is 0. The van der Waals surface area contributed by atoms with Gasteiger partial charge in [-0.3, -0.25) is 0 Å². The van der Waals surface area contributed by atoms with Crippen molar-refractivity contribution in [2.24, 2.45) is 0 Å². The van der Waals surface area contributed by atoms with Gasteiger partial charge < -0.3 is 9.47 Å². The van der Waals surface area contributed by atoms with E-state index < -0.39 is 0 Å². The Hall–Kier alpha value is -0.930. The third-order valence-electron chi connectivity index (χ3n) is 3.24. The first-order valence-electron chi connectivity index (χ1n) is 6.81. The molecule has 0 aromatic rings. The van der Waals surface area contributed by atoms with E-state index in [0.29, 0.717) is 6.10 Å². The zero-order chi connectivity index (χ0) is 12.8. The summed E-state index contributed by atoms with van der Waals surface area (Å²) in [6.07, 6.45) is 5.45. The van der Waals surface area contributed by atoms with Crippen molar-refractivity contribution in [1.29, 1.82) is 0 Å². The van der Waals surface area contributed by atoms with Gasteiger partial charge in [0, 0.05) is 11.1 Å². The normalized spacial score (nSPS) is 20.0. The quantitative estimate of drug-likeness (QED) is 0.771. The molecule has 3 heteroatoms. The summed E-state index contributed by atoms with van der Waals surface area (Å²) in [5.74, 6) is -0.0116. The number of unbranched alkanes of at least 4 members (excludes halogenated alkanes) is 2. The van der Waals surface area contributed by atoms with Crippen LogP contribution in [0.25, 0.3) is 11.1 Å². The van der Waals surface area contributed by atoms with Crippen molar-refractivity contribution in [2.45, 2.75) is 38.7 Å². The molecule has 0 aromatic carbocycles. The van der Waals surface area contributed by atoms with Gasteiger partial charge in [-0.2, -0.15) is 0 Å². The van der Waals surface area contributed by atoms with Gasteiger partial charge in [-0.1, -0.05) is 44.4 Å². The molecule has 1 aliphatic heterocycles. The maximum Gasteiger partial charge on any atom is 0.139 e. The summed E-state index contributed by atoms with van der Waals surface area (Å²) in [6.45, 7) is 4.60. The average Bonchev–Trinajstić information content (AvgIpc) is 2.82. The van der Waals surface area contributed by atoms with Gasteiger partial charge in [0.1, 0.15) is 5.82 Å². The predicted molar refractivity (Wildman–Crippen MR) is 70.1 cm³/mol. The highest BCUT2D eigenvalue weighted by Crippen LogP contribution is 2.39. The molecule has 3 aliphatic rings. The van der Waals surface area contributed by atoms with Crippen LogP contribution in [0.3, 0.4) is 0 Å². The topological polar surface area (TPSA) is 18.5 Å². The van der Waals surface area contributed by atoms with Crippen molar-refractivity contribution in [3.05, 3.63) is 24.0 Å². The molecular weight excluding hydrogens is 231 g/mol. The van der Waals surface area contributed by atoms with Crippen LogP contribution in [0.1, 0.15) is 32.6 Å². The Kier molecular flexibility index (Phi) is 5.14. The SMILES string of the molecule is CCCCCC1COCCO1.Fc1c2cccc1-2. The fraction of sp³-hybridized carbons (Fsp3) is 0.600. The minimum atomic E-state index is -0.0116. The maximum absolute atomic E-state index is 12.0. The summed E-state index contributed by atoms with van der Waals surface area (Å²) >= 11 is 0. The number of hydrogen-bond donors (Lipinski definition) is 0. The lowest BCUT2D eigenvalue weighted by atomic mass is 10.1. The van der Waals surface area contributed by atoms with Crippen molar-refractivity contribution in [1.82, 2.24) is 0 Å². The molecule has 1 atom stereocenters. The van der Waals surface area contributed by atoms with Crippen LogP contribution in [0.5, 0.6) is 0 Å². The summed E-state index contributed by atoms with van der Waals surface area (Å²) < 4.78 is 22.8. The third-order valence-corrected chi connectivity index (χ3v) is 3.24. The zero-order valence-corrected chi connectivity index (χ0v) is 11.0. The van der Waals surface area contributed by atoms with E-state index in [2.05, 4.69) is 6.92 Å². The van der Waals surface area contributed by atoms with E-state index in [4.69, 9.17) is 9.47 Å². The first-order valence-corrected chi connectivity index (χ1v) is 6.81. The van der Waals surface area contributed by atoms with Crippen molar-refractivity contribution in [3.63, 3.8) is 0 Å². The molecule has 0 N–H and O–H groups in total. The molecule has 1 heterocycles. The molecule has 0 aromatic heterocycles. The van der Waals surface area contributed by atoms with Gasteiger partial charge >= 0.3 is 0 Å². The number of rotatable bonds is 4. The largest absolute Gasteiger partial charge is 0.376 e. The minimum absolute atomic E-state index is 0.0116. The fourth-order valence-corrected chi connectivity index (χ4v) is 2.08. The van der Waals surface area contributed by atoms with Crippen molar-refractivity contribution < 1.29 is 13.9 Å². The van der Waals surface area contributed by atoms with Crippen molar-refractivity contribution >= 4 is 0 Å². The Labute approximate surface area is 108 Å². The van der Waals surface area contributed by atoms with Crippen LogP contribution in [-0.2, 0) is 9.47 Å². The van der Waals surface area contributed by atoms with Gasteiger partial charge in [0.2, 0.25) is 0 Å². The minimum Gasteiger partial charge on any atom is -0.376 e. The van der Waals surface area contributed by atoms with Crippen LogP contribution in [0.2, 0.25) is 0 Å².